The fourth-order valence-electron chi connectivity index (χ4n) is 3.02. The zero-order chi connectivity index (χ0) is 19.3. The zero-order valence-electron chi connectivity index (χ0n) is 15.0. The van der Waals surface area contributed by atoms with Gasteiger partial charge in [0.2, 0.25) is 10.0 Å². The van der Waals surface area contributed by atoms with Crippen molar-refractivity contribution in [3.63, 3.8) is 0 Å². The standard InChI is InChI=1S/C17H24FN3O5S/c18-16-2-1-14(27(23,24)21-7-11-26-12-8-21)13-15(16)17(22)19-3-4-20-5-9-25-10-6-20/h1-2,13H,3-12H2,(H,19,22). The molecule has 3 rings (SSSR count). The molecule has 2 saturated heterocycles. The Morgan fingerprint density at radius 3 is 2.37 bits per heavy atom. The summed E-state index contributed by atoms with van der Waals surface area (Å²) in [6, 6.07) is 3.30. The van der Waals surface area contributed by atoms with Crippen LogP contribution in [0.4, 0.5) is 4.39 Å². The molecule has 0 spiro atoms. The minimum absolute atomic E-state index is 0.0934. The summed E-state index contributed by atoms with van der Waals surface area (Å²) in [6.45, 7) is 4.97. The van der Waals surface area contributed by atoms with E-state index in [2.05, 4.69) is 10.2 Å². The molecule has 1 amide bonds. The van der Waals surface area contributed by atoms with Gasteiger partial charge in [0.05, 0.1) is 36.9 Å². The Morgan fingerprint density at radius 1 is 1.07 bits per heavy atom. The van der Waals surface area contributed by atoms with E-state index in [1.807, 2.05) is 0 Å². The highest BCUT2D eigenvalue weighted by Gasteiger charge is 2.27. The molecule has 1 aromatic rings. The van der Waals surface area contributed by atoms with Crippen molar-refractivity contribution in [2.45, 2.75) is 4.90 Å². The molecule has 150 valence electrons. The lowest BCUT2D eigenvalue weighted by Gasteiger charge is -2.26. The number of sulfonamides is 1. The average molecular weight is 401 g/mol. The Morgan fingerprint density at radius 2 is 1.70 bits per heavy atom. The first-order valence-corrected chi connectivity index (χ1v) is 10.4. The maximum Gasteiger partial charge on any atom is 0.254 e. The van der Waals surface area contributed by atoms with Crippen LogP contribution in [0.5, 0.6) is 0 Å². The number of morpholine rings is 2. The molecule has 0 aliphatic carbocycles. The van der Waals surface area contributed by atoms with Crippen LogP contribution in [0, 0.1) is 5.82 Å². The van der Waals surface area contributed by atoms with Crippen molar-refractivity contribution in [3.05, 3.63) is 29.6 Å². The highest BCUT2D eigenvalue weighted by Crippen LogP contribution is 2.20. The molecule has 8 nitrogen and oxygen atoms in total. The summed E-state index contributed by atoms with van der Waals surface area (Å²) in [6.07, 6.45) is 0. The molecule has 2 aliphatic heterocycles. The first kappa shape index (κ1) is 20.2. The number of carbonyl (C=O) groups is 1. The van der Waals surface area contributed by atoms with Crippen LogP contribution >= 0.6 is 0 Å². The second-order valence-electron chi connectivity index (χ2n) is 6.37. The molecule has 0 unspecified atom stereocenters. The second kappa shape index (κ2) is 9.07. The summed E-state index contributed by atoms with van der Waals surface area (Å²) in [5.41, 5.74) is -0.272. The van der Waals surface area contributed by atoms with E-state index in [1.54, 1.807) is 0 Å². The van der Waals surface area contributed by atoms with Gasteiger partial charge in [-0.25, -0.2) is 12.8 Å². The zero-order valence-corrected chi connectivity index (χ0v) is 15.8. The quantitative estimate of drug-likeness (QED) is 0.717. The summed E-state index contributed by atoms with van der Waals surface area (Å²) in [5.74, 6) is -1.38. The smallest absolute Gasteiger partial charge is 0.254 e. The van der Waals surface area contributed by atoms with Crippen molar-refractivity contribution in [3.8, 4) is 0 Å². The number of halogens is 1. The van der Waals surface area contributed by atoms with Crippen molar-refractivity contribution in [2.75, 3.05) is 65.7 Å². The van der Waals surface area contributed by atoms with E-state index in [0.29, 0.717) is 39.5 Å². The topological polar surface area (TPSA) is 88.2 Å². The molecule has 2 aliphatic rings. The van der Waals surface area contributed by atoms with E-state index in [9.17, 15) is 17.6 Å². The van der Waals surface area contributed by atoms with Crippen LogP contribution in [-0.2, 0) is 19.5 Å². The largest absolute Gasteiger partial charge is 0.379 e. The van der Waals surface area contributed by atoms with Crippen LogP contribution in [-0.4, -0.2) is 89.2 Å². The van der Waals surface area contributed by atoms with Gasteiger partial charge >= 0.3 is 0 Å². The molecular weight excluding hydrogens is 377 g/mol. The summed E-state index contributed by atoms with van der Waals surface area (Å²) in [5, 5.41) is 2.66. The molecule has 27 heavy (non-hydrogen) atoms. The van der Waals surface area contributed by atoms with Gasteiger partial charge in [0, 0.05) is 39.3 Å². The van der Waals surface area contributed by atoms with E-state index in [1.165, 1.54) is 10.4 Å². The summed E-state index contributed by atoms with van der Waals surface area (Å²) < 4.78 is 51.2. The third-order valence-corrected chi connectivity index (χ3v) is 6.50. The summed E-state index contributed by atoms with van der Waals surface area (Å²) in [4.78, 5) is 14.4. The number of nitrogens with zero attached hydrogens (tertiary/aromatic N) is 2. The monoisotopic (exact) mass is 401 g/mol. The van der Waals surface area contributed by atoms with Gasteiger partial charge in [-0.05, 0) is 18.2 Å². The van der Waals surface area contributed by atoms with Crippen LogP contribution in [0.2, 0.25) is 0 Å². The van der Waals surface area contributed by atoms with Crippen molar-refractivity contribution < 1.29 is 27.1 Å². The maximum atomic E-state index is 14.1. The molecule has 0 radical (unpaired) electrons. The van der Waals surface area contributed by atoms with E-state index < -0.39 is 21.7 Å². The number of amides is 1. The van der Waals surface area contributed by atoms with Crippen molar-refractivity contribution in [2.24, 2.45) is 0 Å². The lowest BCUT2D eigenvalue weighted by molar-refractivity contribution is 0.0383. The molecule has 2 heterocycles. The van der Waals surface area contributed by atoms with Gasteiger partial charge in [-0.1, -0.05) is 0 Å². The van der Waals surface area contributed by atoms with Crippen molar-refractivity contribution in [1.29, 1.82) is 0 Å². The Kier molecular flexibility index (Phi) is 6.77. The molecule has 10 heteroatoms. The van der Waals surface area contributed by atoms with Crippen LogP contribution in [0.15, 0.2) is 23.1 Å². The molecule has 0 saturated carbocycles. The molecular formula is C17H24FN3O5S. The number of benzene rings is 1. The third kappa shape index (κ3) is 5.02. The van der Waals surface area contributed by atoms with E-state index in [0.717, 1.165) is 25.2 Å². The predicted molar refractivity (Wildman–Crippen MR) is 95.6 cm³/mol. The summed E-state index contributed by atoms with van der Waals surface area (Å²) >= 11 is 0. The minimum atomic E-state index is -3.79. The van der Waals surface area contributed by atoms with E-state index in [4.69, 9.17) is 9.47 Å². The van der Waals surface area contributed by atoms with Gasteiger partial charge in [-0.3, -0.25) is 9.69 Å². The highest BCUT2D eigenvalue weighted by atomic mass is 32.2. The number of hydrogen-bond acceptors (Lipinski definition) is 6. The second-order valence-corrected chi connectivity index (χ2v) is 8.31. The van der Waals surface area contributed by atoms with Gasteiger partial charge < -0.3 is 14.8 Å². The SMILES string of the molecule is O=C(NCCN1CCOCC1)c1cc(S(=O)(=O)N2CCOCC2)ccc1F. The van der Waals surface area contributed by atoms with Crippen molar-refractivity contribution >= 4 is 15.9 Å². The average Bonchev–Trinajstić information content (AvgIpc) is 2.69. The van der Waals surface area contributed by atoms with Gasteiger partial charge in [-0.15, -0.1) is 0 Å². The van der Waals surface area contributed by atoms with E-state index >= 15 is 0 Å². The molecule has 0 aromatic heterocycles. The molecule has 2 fully saturated rings. The molecule has 0 bridgehead atoms. The molecule has 0 atom stereocenters. The highest BCUT2D eigenvalue weighted by molar-refractivity contribution is 7.89. The van der Waals surface area contributed by atoms with Crippen molar-refractivity contribution in [1.82, 2.24) is 14.5 Å². The first-order valence-electron chi connectivity index (χ1n) is 8.94. The lowest BCUT2D eigenvalue weighted by atomic mass is 10.2. The Balaban J connectivity index is 1.66. The van der Waals surface area contributed by atoms with Crippen LogP contribution in [0.1, 0.15) is 10.4 Å². The Labute approximate surface area is 158 Å². The Hall–Kier alpha value is -1.59. The molecule has 1 aromatic carbocycles. The van der Waals surface area contributed by atoms with Gasteiger partial charge in [0.25, 0.3) is 5.91 Å². The number of hydrogen-bond donors (Lipinski definition) is 1. The van der Waals surface area contributed by atoms with Gasteiger partial charge in [0.15, 0.2) is 0 Å². The summed E-state index contributed by atoms with van der Waals surface area (Å²) in [7, 11) is -3.79. The number of carbonyl (C=O) groups excluding carboxylic acids is 1. The van der Waals surface area contributed by atoms with Crippen LogP contribution in [0.25, 0.3) is 0 Å². The van der Waals surface area contributed by atoms with Gasteiger partial charge in [-0.2, -0.15) is 4.31 Å². The maximum absolute atomic E-state index is 14.1. The fourth-order valence-corrected chi connectivity index (χ4v) is 4.46. The Bertz CT molecular complexity index is 762. The number of rotatable bonds is 6. The normalized spacial score (nSPS) is 19.7. The minimum Gasteiger partial charge on any atom is -0.379 e. The fraction of sp³-hybridized carbons (Fsp3) is 0.588. The van der Waals surface area contributed by atoms with E-state index in [-0.39, 0.29) is 23.5 Å². The van der Waals surface area contributed by atoms with Gasteiger partial charge in [0.1, 0.15) is 5.82 Å². The lowest BCUT2D eigenvalue weighted by Crippen LogP contribution is -2.41. The third-order valence-electron chi connectivity index (χ3n) is 4.61. The van der Waals surface area contributed by atoms with Crippen LogP contribution < -0.4 is 5.32 Å². The number of ether oxygens (including phenoxy) is 2. The predicted octanol–water partition coefficient (Wildman–Crippen LogP) is -0.0914. The van der Waals surface area contributed by atoms with Crippen LogP contribution in [0.3, 0.4) is 0 Å². The first-order chi connectivity index (χ1) is 13.0. The number of nitrogens with one attached hydrogen (secondary N) is 1. The molecule has 1 N–H and O–H groups in total.